The number of rotatable bonds is 12. The second kappa shape index (κ2) is 12.9. The van der Waals surface area contributed by atoms with E-state index in [-0.39, 0.29) is 23.8 Å². The van der Waals surface area contributed by atoms with Gasteiger partial charge in [0.1, 0.15) is 5.76 Å². The van der Waals surface area contributed by atoms with Crippen molar-refractivity contribution in [1.29, 1.82) is 0 Å². The number of fused-ring (bicyclic) bond motifs is 1. The fourth-order valence-electron chi connectivity index (χ4n) is 3.77. The molecule has 1 aromatic carbocycles. The van der Waals surface area contributed by atoms with E-state index in [1.165, 1.54) is 11.8 Å². The van der Waals surface area contributed by atoms with Gasteiger partial charge in [-0.15, -0.1) is 0 Å². The summed E-state index contributed by atoms with van der Waals surface area (Å²) in [6, 6.07) is 14.4. The summed E-state index contributed by atoms with van der Waals surface area (Å²) in [5, 5.41) is 6.29. The Morgan fingerprint density at radius 1 is 1.08 bits per heavy atom. The lowest BCUT2D eigenvalue weighted by Gasteiger charge is -2.18. The maximum absolute atomic E-state index is 13.3. The van der Waals surface area contributed by atoms with Gasteiger partial charge in [-0.3, -0.25) is 23.9 Å². The van der Waals surface area contributed by atoms with Gasteiger partial charge in [-0.05, 0) is 48.7 Å². The summed E-state index contributed by atoms with van der Waals surface area (Å²) in [5.74, 6) is 0.408. The normalized spacial score (nSPS) is 11.8. The third kappa shape index (κ3) is 7.07. The highest BCUT2D eigenvalue weighted by molar-refractivity contribution is 8.00. The van der Waals surface area contributed by atoms with E-state index >= 15 is 0 Å². The third-order valence-electron chi connectivity index (χ3n) is 5.75. The zero-order valence-corrected chi connectivity index (χ0v) is 21.4. The van der Waals surface area contributed by atoms with Crippen LogP contribution in [0.25, 0.3) is 10.9 Å². The predicted molar refractivity (Wildman–Crippen MR) is 142 cm³/mol. The number of para-hydroxylation sites is 1. The molecule has 3 aromatic heterocycles. The van der Waals surface area contributed by atoms with E-state index in [9.17, 15) is 14.4 Å². The van der Waals surface area contributed by atoms with Crippen LogP contribution in [0.1, 0.15) is 37.5 Å². The summed E-state index contributed by atoms with van der Waals surface area (Å²) in [7, 11) is 0. The van der Waals surface area contributed by atoms with Gasteiger partial charge in [0.2, 0.25) is 11.8 Å². The topological polar surface area (TPSA) is 119 Å². The number of aromatic nitrogens is 3. The zero-order valence-electron chi connectivity index (χ0n) is 20.6. The van der Waals surface area contributed by atoms with Gasteiger partial charge in [-0.2, -0.15) is 0 Å². The van der Waals surface area contributed by atoms with Crippen LogP contribution in [0.5, 0.6) is 0 Å². The second-order valence-electron chi connectivity index (χ2n) is 8.42. The molecular formula is C27H29N5O4S. The average Bonchev–Trinajstić information content (AvgIpc) is 3.45. The first-order valence-electron chi connectivity index (χ1n) is 12.2. The summed E-state index contributed by atoms with van der Waals surface area (Å²) in [6.07, 6.45) is 6.20. The fourth-order valence-corrected chi connectivity index (χ4v) is 4.84. The summed E-state index contributed by atoms with van der Waals surface area (Å²) in [6.45, 7) is 2.92. The van der Waals surface area contributed by atoms with Crippen molar-refractivity contribution in [1.82, 2.24) is 25.2 Å². The summed E-state index contributed by atoms with van der Waals surface area (Å²) < 4.78 is 6.81. The molecule has 0 unspecified atom stereocenters. The van der Waals surface area contributed by atoms with E-state index in [0.717, 1.165) is 5.56 Å². The van der Waals surface area contributed by atoms with Crippen molar-refractivity contribution in [2.24, 2.45) is 0 Å². The summed E-state index contributed by atoms with van der Waals surface area (Å²) in [4.78, 5) is 47.4. The molecule has 0 fully saturated rings. The minimum Gasteiger partial charge on any atom is -0.467 e. The van der Waals surface area contributed by atoms with Crippen molar-refractivity contribution in [3.8, 4) is 0 Å². The van der Waals surface area contributed by atoms with Crippen molar-refractivity contribution < 1.29 is 14.0 Å². The van der Waals surface area contributed by atoms with Crippen LogP contribution in [-0.4, -0.2) is 31.6 Å². The van der Waals surface area contributed by atoms with E-state index < -0.39 is 5.25 Å². The molecule has 0 spiro atoms. The minimum atomic E-state index is -0.437. The Bertz CT molecular complexity index is 1390. The average molecular weight is 520 g/mol. The van der Waals surface area contributed by atoms with Crippen LogP contribution in [0.15, 0.2) is 81.6 Å². The minimum absolute atomic E-state index is 0.131. The number of hydrogen-bond donors (Lipinski definition) is 2. The Balaban J connectivity index is 1.46. The smallest absolute Gasteiger partial charge is 0.262 e. The first kappa shape index (κ1) is 26.2. The lowest BCUT2D eigenvalue weighted by Crippen LogP contribution is -2.33. The van der Waals surface area contributed by atoms with Crippen molar-refractivity contribution in [2.75, 3.05) is 0 Å². The van der Waals surface area contributed by atoms with Gasteiger partial charge in [0, 0.05) is 31.9 Å². The van der Waals surface area contributed by atoms with Gasteiger partial charge in [-0.25, -0.2) is 4.98 Å². The van der Waals surface area contributed by atoms with Crippen molar-refractivity contribution in [2.45, 2.75) is 56.2 Å². The molecule has 4 rings (SSSR count). The van der Waals surface area contributed by atoms with Gasteiger partial charge < -0.3 is 15.1 Å². The number of benzene rings is 1. The molecule has 0 aliphatic heterocycles. The Hall–Kier alpha value is -3.92. The van der Waals surface area contributed by atoms with Crippen LogP contribution < -0.4 is 16.2 Å². The Morgan fingerprint density at radius 2 is 1.95 bits per heavy atom. The van der Waals surface area contributed by atoms with Gasteiger partial charge in [0.05, 0.1) is 29.0 Å². The van der Waals surface area contributed by atoms with E-state index in [0.29, 0.717) is 54.3 Å². The highest BCUT2D eigenvalue weighted by Crippen LogP contribution is 2.25. The number of thioether (sulfide) groups is 1. The van der Waals surface area contributed by atoms with E-state index in [2.05, 4.69) is 15.6 Å². The first-order chi connectivity index (χ1) is 18.0. The SMILES string of the molecule is CC[C@H](Sc1nc2ccccc2c(=O)n1CCCC(=O)NCc1ccco1)C(=O)NCc1cccnc1. The Kier molecular flexibility index (Phi) is 9.09. The zero-order chi connectivity index (χ0) is 26.0. The lowest BCUT2D eigenvalue weighted by molar-refractivity contribution is -0.122. The molecule has 0 aliphatic rings. The van der Waals surface area contributed by atoms with E-state index in [4.69, 9.17) is 9.40 Å². The molecule has 0 bridgehead atoms. The van der Waals surface area contributed by atoms with Crippen molar-refractivity contribution in [3.63, 3.8) is 0 Å². The lowest BCUT2D eigenvalue weighted by atomic mass is 10.2. The number of hydrogen-bond acceptors (Lipinski definition) is 7. The Labute approximate surface area is 218 Å². The first-order valence-corrected chi connectivity index (χ1v) is 13.0. The van der Waals surface area contributed by atoms with Crippen LogP contribution in [0.4, 0.5) is 0 Å². The number of carbonyl (C=O) groups is 2. The number of carbonyl (C=O) groups excluding carboxylic acids is 2. The van der Waals surface area contributed by atoms with Crippen molar-refractivity contribution >= 4 is 34.5 Å². The maximum atomic E-state index is 13.3. The van der Waals surface area contributed by atoms with Gasteiger partial charge >= 0.3 is 0 Å². The predicted octanol–water partition coefficient (Wildman–Crippen LogP) is 3.67. The number of nitrogens with zero attached hydrogens (tertiary/aromatic N) is 3. The fraction of sp³-hybridized carbons (Fsp3) is 0.296. The molecule has 4 aromatic rings. The molecule has 37 heavy (non-hydrogen) atoms. The second-order valence-corrected chi connectivity index (χ2v) is 9.59. The molecule has 0 saturated carbocycles. The monoisotopic (exact) mass is 519 g/mol. The number of nitrogens with one attached hydrogen (secondary N) is 2. The molecular weight excluding hydrogens is 490 g/mol. The molecule has 2 N–H and O–H groups in total. The molecule has 0 radical (unpaired) electrons. The van der Waals surface area contributed by atoms with E-state index in [1.54, 1.807) is 53.6 Å². The van der Waals surface area contributed by atoms with Crippen molar-refractivity contribution in [3.05, 3.63) is 88.9 Å². The van der Waals surface area contributed by atoms with Crippen LogP contribution in [0.3, 0.4) is 0 Å². The molecule has 0 aliphatic carbocycles. The van der Waals surface area contributed by atoms with E-state index in [1.807, 2.05) is 25.1 Å². The molecule has 192 valence electrons. The van der Waals surface area contributed by atoms with Gasteiger partial charge in [0.15, 0.2) is 5.16 Å². The molecule has 1 atom stereocenters. The summed E-state index contributed by atoms with van der Waals surface area (Å²) >= 11 is 1.27. The quantitative estimate of drug-likeness (QED) is 0.217. The summed E-state index contributed by atoms with van der Waals surface area (Å²) in [5.41, 5.74) is 1.30. The molecule has 10 heteroatoms. The molecule has 3 heterocycles. The molecule has 9 nitrogen and oxygen atoms in total. The Morgan fingerprint density at radius 3 is 2.70 bits per heavy atom. The number of furan rings is 1. The van der Waals surface area contributed by atoms with Gasteiger partial charge in [-0.1, -0.05) is 36.9 Å². The van der Waals surface area contributed by atoms with Crippen LogP contribution >= 0.6 is 11.8 Å². The highest BCUT2D eigenvalue weighted by Gasteiger charge is 2.22. The van der Waals surface area contributed by atoms with Gasteiger partial charge in [0.25, 0.3) is 5.56 Å². The largest absolute Gasteiger partial charge is 0.467 e. The van der Waals surface area contributed by atoms with Crippen LogP contribution in [0, 0.1) is 0 Å². The third-order valence-corrected chi connectivity index (χ3v) is 7.11. The van der Waals surface area contributed by atoms with Crippen LogP contribution in [0.2, 0.25) is 0 Å². The number of amides is 2. The van der Waals surface area contributed by atoms with Crippen LogP contribution in [-0.2, 0) is 29.2 Å². The molecule has 0 saturated heterocycles. The standard InChI is InChI=1S/C27H29N5O4S/c1-2-23(25(34)30-17-19-8-5-13-28-16-19)37-27-31-22-11-4-3-10-21(22)26(35)32(27)14-6-12-24(33)29-18-20-9-7-15-36-20/h3-5,7-11,13,15-16,23H,2,6,12,14,17-18H2,1H3,(H,29,33)(H,30,34)/t23-/m0/s1. The number of pyridine rings is 1. The highest BCUT2D eigenvalue weighted by atomic mass is 32.2. The molecule has 2 amide bonds. The maximum Gasteiger partial charge on any atom is 0.262 e.